The van der Waals surface area contributed by atoms with Gasteiger partial charge in [0.15, 0.2) is 11.6 Å². The molecule has 1 heterocycles. The van der Waals surface area contributed by atoms with Crippen molar-refractivity contribution in [1.29, 1.82) is 0 Å². The molecule has 3 rings (SSSR count). The van der Waals surface area contributed by atoms with Gasteiger partial charge in [0.25, 0.3) is 0 Å². The summed E-state index contributed by atoms with van der Waals surface area (Å²) in [5.74, 6) is -2.58. The van der Waals surface area contributed by atoms with E-state index >= 15 is 0 Å². The van der Waals surface area contributed by atoms with Crippen LogP contribution >= 0.6 is 0 Å². The highest BCUT2D eigenvalue weighted by atomic mass is 19.2. The molecular formula is C20H17F3N2O2. The Labute approximate surface area is 154 Å². The molecule has 0 saturated carbocycles. The van der Waals surface area contributed by atoms with Crippen LogP contribution in [-0.4, -0.2) is 24.3 Å². The van der Waals surface area contributed by atoms with Crippen molar-refractivity contribution < 1.29 is 22.8 Å². The Kier molecular flexibility index (Phi) is 5.90. The summed E-state index contributed by atoms with van der Waals surface area (Å²) in [5, 5.41) is 6.67. The average molecular weight is 374 g/mol. The second-order valence-electron chi connectivity index (χ2n) is 6.14. The van der Waals surface area contributed by atoms with E-state index in [1.165, 1.54) is 30.4 Å². The van der Waals surface area contributed by atoms with Gasteiger partial charge in [-0.2, -0.15) is 0 Å². The minimum atomic E-state index is -0.970. The topological polar surface area (TPSA) is 50.7 Å². The maximum Gasteiger partial charge on any atom is 0.244 e. The molecule has 1 unspecified atom stereocenters. The second kappa shape index (κ2) is 8.53. The van der Waals surface area contributed by atoms with Gasteiger partial charge in [0.2, 0.25) is 5.91 Å². The molecule has 0 radical (unpaired) electrons. The van der Waals surface area contributed by atoms with E-state index in [-0.39, 0.29) is 24.4 Å². The van der Waals surface area contributed by atoms with Crippen molar-refractivity contribution in [2.24, 2.45) is 5.16 Å². The molecule has 0 bridgehead atoms. The quantitative estimate of drug-likeness (QED) is 0.786. The van der Waals surface area contributed by atoms with E-state index in [2.05, 4.69) is 10.5 Å². The van der Waals surface area contributed by atoms with Gasteiger partial charge in [-0.3, -0.25) is 4.79 Å². The lowest BCUT2D eigenvalue weighted by molar-refractivity contribution is -0.117. The second-order valence-corrected chi connectivity index (χ2v) is 6.14. The summed E-state index contributed by atoms with van der Waals surface area (Å²) >= 11 is 0. The van der Waals surface area contributed by atoms with E-state index in [9.17, 15) is 18.0 Å². The number of nitrogens with one attached hydrogen (secondary N) is 1. The molecule has 1 atom stereocenters. The van der Waals surface area contributed by atoms with Crippen molar-refractivity contribution in [2.75, 3.05) is 6.54 Å². The highest BCUT2D eigenvalue weighted by molar-refractivity contribution is 5.92. The summed E-state index contributed by atoms with van der Waals surface area (Å²) in [6.45, 7) is 0.261. The molecule has 0 fully saturated rings. The molecule has 1 amide bonds. The highest BCUT2D eigenvalue weighted by Crippen LogP contribution is 2.14. The van der Waals surface area contributed by atoms with Crippen LogP contribution in [0, 0.1) is 17.5 Å². The zero-order valence-corrected chi connectivity index (χ0v) is 14.3. The molecule has 0 saturated heterocycles. The third-order valence-corrected chi connectivity index (χ3v) is 3.99. The van der Waals surface area contributed by atoms with Crippen molar-refractivity contribution >= 4 is 17.7 Å². The molecular weight excluding hydrogens is 357 g/mol. The first kappa shape index (κ1) is 18.7. The summed E-state index contributed by atoms with van der Waals surface area (Å²) in [7, 11) is 0. The maximum absolute atomic E-state index is 13.1. The average Bonchev–Trinajstić information content (AvgIpc) is 3.10. The molecule has 4 nitrogen and oxygen atoms in total. The van der Waals surface area contributed by atoms with Gasteiger partial charge in [-0.25, -0.2) is 13.2 Å². The molecule has 2 aromatic rings. The normalized spacial score (nSPS) is 16.3. The molecule has 1 N–H and O–H groups in total. The van der Waals surface area contributed by atoms with Crippen LogP contribution in [0.2, 0.25) is 0 Å². The summed E-state index contributed by atoms with van der Waals surface area (Å²) in [5.41, 5.74) is 2.13. The first-order valence-corrected chi connectivity index (χ1v) is 8.36. The molecule has 0 aliphatic carbocycles. The molecule has 1 aliphatic rings. The van der Waals surface area contributed by atoms with Gasteiger partial charge in [0.1, 0.15) is 11.9 Å². The fraction of sp³-hybridized carbons (Fsp3) is 0.200. The zero-order chi connectivity index (χ0) is 19.2. The van der Waals surface area contributed by atoms with Crippen LogP contribution in [0.4, 0.5) is 13.2 Å². The van der Waals surface area contributed by atoms with E-state index in [0.29, 0.717) is 18.4 Å². The summed E-state index contributed by atoms with van der Waals surface area (Å²) in [4.78, 5) is 17.1. The molecule has 7 heteroatoms. The Morgan fingerprint density at radius 2 is 1.93 bits per heavy atom. The lowest BCUT2D eigenvalue weighted by atomic mass is 10.0. The number of nitrogens with zero attached hydrogens (tertiary/aromatic N) is 1. The van der Waals surface area contributed by atoms with Gasteiger partial charge < -0.3 is 10.2 Å². The third kappa shape index (κ3) is 5.44. The number of hydrogen-bond acceptors (Lipinski definition) is 3. The lowest BCUT2D eigenvalue weighted by Gasteiger charge is -2.08. The fourth-order valence-corrected chi connectivity index (χ4v) is 2.60. The number of amides is 1. The van der Waals surface area contributed by atoms with E-state index in [1.807, 2.05) is 0 Å². The first-order chi connectivity index (χ1) is 13.0. The Balaban J connectivity index is 1.42. The number of rotatable bonds is 6. The first-order valence-electron chi connectivity index (χ1n) is 8.36. The molecule has 2 aromatic carbocycles. The predicted octanol–water partition coefficient (Wildman–Crippen LogP) is 3.62. The monoisotopic (exact) mass is 374 g/mol. The number of carbonyl (C=O) groups excluding carboxylic acids is 1. The summed E-state index contributed by atoms with van der Waals surface area (Å²) < 4.78 is 38.9. The molecule has 140 valence electrons. The third-order valence-electron chi connectivity index (χ3n) is 3.99. The molecule has 0 aromatic heterocycles. The van der Waals surface area contributed by atoms with Gasteiger partial charge in [-0.15, -0.1) is 0 Å². The van der Waals surface area contributed by atoms with Gasteiger partial charge in [-0.05, 0) is 41.5 Å². The smallest absolute Gasteiger partial charge is 0.244 e. The van der Waals surface area contributed by atoms with E-state index in [1.54, 1.807) is 12.1 Å². The zero-order valence-electron chi connectivity index (χ0n) is 14.3. The predicted molar refractivity (Wildman–Crippen MR) is 95.4 cm³/mol. The fourth-order valence-electron chi connectivity index (χ4n) is 2.60. The number of hydrogen-bond donors (Lipinski definition) is 1. The SMILES string of the molecule is O=C(C=Cc1ccc(F)c(F)c1)NCC1CC(Cc2ccc(F)cc2)=NO1. The number of carbonyl (C=O) groups is 1. The van der Waals surface area contributed by atoms with Crippen LogP contribution in [0.15, 0.2) is 53.7 Å². The Hall–Kier alpha value is -3.09. The Bertz CT molecular complexity index is 879. The standard InChI is InChI=1S/C20H17F3N2O2/c21-15-5-1-13(2-6-15)9-16-11-17(27-25-16)12-24-20(26)8-4-14-3-7-18(22)19(23)10-14/h1-8,10,17H,9,11-12H2,(H,24,26). The highest BCUT2D eigenvalue weighted by Gasteiger charge is 2.21. The van der Waals surface area contributed by atoms with Crippen LogP contribution in [0.1, 0.15) is 17.5 Å². The minimum Gasteiger partial charge on any atom is -0.390 e. The van der Waals surface area contributed by atoms with Crippen LogP contribution < -0.4 is 5.32 Å². The van der Waals surface area contributed by atoms with E-state index < -0.39 is 11.6 Å². The minimum absolute atomic E-state index is 0.261. The number of halogens is 3. The number of oxime groups is 1. The van der Waals surface area contributed by atoms with Gasteiger partial charge in [-0.1, -0.05) is 23.4 Å². The Morgan fingerprint density at radius 1 is 1.15 bits per heavy atom. The van der Waals surface area contributed by atoms with Gasteiger partial charge in [0.05, 0.1) is 12.3 Å². The molecule has 0 spiro atoms. The van der Waals surface area contributed by atoms with Crippen molar-refractivity contribution in [3.8, 4) is 0 Å². The van der Waals surface area contributed by atoms with Gasteiger partial charge >= 0.3 is 0 Å². The van der Waals surface area contributed by atoms with Crippen molar-refractivity contribution in [3.05, 3.63) is 77.1 Å². The van der Waals surface area contributed by atoms with E-state index in [0.717, 1.165) is 23.4 Å². The maximum atomic E-state index is 13.1. The van der Waals surface area contributed by atoms with Crippen LogP contribution in [0.3, 0.4) is 0 Å². The largest absolute Gasteiger partial charge is 0.390 e. The lowest BCUT2D eigenvalue weighted by Crippen LogP contribution is -2.31. The van der Waals surface area contributed by atoms with Crippen molar-refractivity contribution in [2.45, 2.75) is 18.9 Å². The van der Waals surface area contributed by atoms with Crippen LogP contribution in [0.25, 0.3) is 6.08 Å². The molecule has 1 aliphatic heterocycles. The van der Waals surface area contributed by atoms with Crippen molar-refractivity contribution in [3.63, 3.8) is 0 Å². The van der Waals surface area contributed by atoms with Crippen molar-refractivity contribution in [1.82, 2.24) is 5.32 Å². The van der Waals surface area contributed by atoms with E-state index in [4.69, 9.17) is 4.84 Å². The van der Waals surface area contributed by atoms with Crippen LogP contribution in [0.5, 0.6) is 0 Å². The molecule has 27 heavy (non-hydrogen) atoms. The van der Waals surface area contributed by atoms with Crippen LogP contribution in [-0.2, 0) is 16.1 Å². The Morgan fingerprint density at radius 3 is 2.67 bits per heavy atom. The summed E-state index contributed by atoms with van der Waals surface area (Å²) in [6, 6.07) is 9.55. The summed E-state index contributed by atoms with van der Waals surface area (Å²) in [6.07, 6.45) is 3.47. The number of benzene rings is 2. The van der Waals surface area contributed by atoms with Gasteiger partial charge in [0, 0.05) is 18.9 Å².